The third kappa shape index (κ3) is 3.42. The quantitative estimate of drug-likeness (QED) is 0.263. The summed E-state index contributed by atoms with van der Waals surface area (Å²) in [6.07, 6.45) is 7.25. The van der Waals surface area contributed by atoms with E-state index in [4.69, 9.17) is 28.4 Å². The molecule has 10 nitrogen and oxygen atoms in total. The zero-order chi connectivity index (χ0) is 27.2. The largest absolute Gasteiger partial charge is 0.462 e. The van der Waals surface area contributed by atoms with E-state index in [1.54, 1.807) is 12.2 Å². The number of aliphatic hydroxyl groups is 2. The highest BCUT2D eigenvalue weighted by Crippen LogP contribution is 2.72. The lowest BCUT2D eigenvalue weighted by atomic mass is 9.51. The molecule has 6 aliphatic heterocycles. The van der Waals surface area contributed by atoms with Crippen LogP contribution in [-0.2, 0) is 38.0 Å². The maximum Gasteiger partial charge on any atom is 0.331 e. The minimum atomic E-state index is -1.45. The van der Waals surface area contributed by atoms with Gasteiger partial charge in [-0.25, -0.2) is 9.59 Å². The number of fused-ring (bicyclic) bond motifs is 7. The van der Waals surface area contributed by atoms with E-state index in [0.29, 0.717) is 25.0 Å². The summed E-state index contributed by atoms with van der Waals surface area (Å²) in [4.78, 5) is 26.2. The number of rotatable bonds is 0. The summed E-state index contributed by atoms with van der Waals surface area (Å²) in [5.74, 6) is -1.04. The van der Waals surface area contributed by atoms with Crippen molar-refractivity contribution in [1.29, 1.82) is 0 Å². The van der Waals surface area contributed by atoms with Crippen LogP contribution in [0.25, 0.3) is 0 Å². The number of esters is 2. The summed E-state index contributed by atoms with van der Waals surface area (Å²) in [5, 5.41) is 20.9. The number of allylic oxidation sites excluding steroid dienone is 3. The SMILES string of the molecule is CC1=C[C@H]2O[C@@H]3C[C@H]4OC(=O)C=CC=CC56OCC(=CC(=O)OC[C@@]2(CC1)[C@]4(C)[C@]31CO1)CC5OC(O)C6O. The van der Waals surface area contributed by atoms with E-state index in [1.807, 2.05) is 0 Å². The van der Waals surface area contributed by atoms with Gasteiger partial charge in [0.1, 0.15) is 30.0 Å². The van der Waals surface area contributed by atoms with Gasteiger partial charge in [-0.2, -0.15) is 0 Å². The molecular weight excluding hydrogens is 508 g/mol. The second-order valence-corrected chi connectivity index (χ2v) is 12.2. The number of ether oxygens (including phenoxy) is 6. The van der Waals surface area contributed by atoms with Crippen molar-refractivity contribution in [3.8, 4) is 0 Å². The Balaban J connectivity index is 1.29. The van der Waals surface area contributed by atoms with Gasteiger partial charge < -0.3 is 38.6 Å². The first kappa shape index (κ1) is 25.6. The minimum absolute atomic E-state index is 0.0477. The van der Waals surface area contributed by atoms with Gasteiger partial charge >= 0.3 is 11.9 Å². The lowest BCUT2D eigenvalue weighted by molar-refractivity contribution is -0.232. The Morgan fingerprint density at radius 3 is 2.62 bits per heavy atom. The summed E-state index contributed by atoms with van der Waals surface area (Å²) in [7, 11) is 0. The highest BCUT2D eigenvalue weighted by Gasteiger charge is 2.83. The molecule has 4 saturated heterocycles. The zero-order valence-electron chi connectivity index (χ0n) is 22.0. The van der Waals surface area contributed by atoms with Gasteiger partial charge in [-0.15, -0.1) is 0 Å². The van der Waals surface area contributed by atoms with E-state index < -0.39 is 58.6 Å². The third-order valence-corrected chi connectivity index (χ3v) is 10.5. The average Bonchev–Trinajstić information content (AvgIpc) is 3.64. The normalized spacial score (nSPS) is 50.5. The summed E-state index contributed by atoms with van der Waals surface area (Å²) in [5.41, 5.74) is -1.37. The smallest absolute Gasteiger partial charge is 0.331 e. The van der Waals surface area contributed by atoms with Crippen molar-refractivity contribution in [2.24, 2.45) is 10.8 Å². The molecule has 0 aromatic rings. The first-order valence-corrected chi connectivity index (χ1v) is 13.7. The number of carbonyl (C=O) groups excluding carboxylic acids is 2. The minimum Gasteiger partial charge on any atom is -0.462 e. The van der Waals surface area contributed by atoms with Gasteiger partial charge in [-0.1, -0.05) is 30.7 Å². The summed E-state index contributed by atoms with van der Waals surface area (Å²) >= 11 is 0. The fourth-order valence-corrected chi connectivity index (χ4v) is 8.08. The molecule has 0 aromatic carbocycles. The van der Waals surface area contributed by atoms with Gasteiger partial charge in [0.05, 0.1) is 36.9 Å². The highest BCUT2D eigenvalue weighted by molar-refractivity contribution is 5.83. The van der Waals surface area contributed by atoms with Crippen LogP contribution in [0, 0.1) is 10.8 Å². The molecule has 10 atom stereocenters. The third-order valence-electron chi connectivity index (χ3n) is 10.5. The van der Waals surface area contributed by atoms with Crippen molar-refractivity contribution in [3.63, 3.8) is 0 Å². The van der Waals surface area contributed by atoms with E-state index >= 15 is 0 Å². The molecule has 8 aliphatic rings. The molecule has 8 rings (SSSR count). The van der Waals surface area contributed by atoms with Crippen LogP contribution in [0.2, 0.25) is 0 Å². The van der Waals surface area contributed by atoms with Crippen LogP contribution in [-0.4, -0.2) is 90.0 Å². The summed E-state index contributed by atoms with van der Waals surface area (Å²) in [6.45, 7) is 4.81. The predicted molar refractivity (Wildman–Crippen MR) is 133 cm³/mol. The number of aliphatic hydroxyl groups excluding tert-OH is 2. The van der Waals surface area contributed by atoms with Crippen molar-refractivity contribution in [3.05, 3.63) is 47.6 Å². The molecule has 1 saturated carbocycles. The summed E-state index contributed by atoms with van der Waals surface area (Å²) < 4.78 is 36.4. The van der Waals surface area contributed by atoms with Crippen LogP contribution in [0.4, 0.5) is 0 Å². The zero-order valence-corrected chi connectivity index (χ0v) is 22.0. The first-order chi connectivity index (χ1) is 18.6. The lowest BCUT2D eigenvalue weighted by Gasteiger charge is -2.58. The fraction of sp³-hybridized carbons (Fsp3) is 0.655. The second-order valence-electron chi connectivity index (χ2n) is 12.2. The predicted octanol–water partition coefficient (Wildman–Crippen LogP) is 1.40. The standard InChI is InChI=1S/C29H34O10/c1-16-6-8-27-14-34-23(31)11-17-10-20-28(35-13-17,24(32)25(33)39-20)7-4-3-5-22(30)38-18-12-21(37-19(27)9-16)29(15-36-29)26(18,27)2/h3-5,7,9,11,18-21,24-25,32-33H,6,8,10,12-15H2,1-2H3/t18-,19-,20?,21-,24?,25?,26-,27-,28?,29+/m1/s1. The van der Waals surface area contributed by atoms with Crippen LogP contribution in [0.5, 0.6) is 0 Å². The second kappa shape index (κ2) is 8.58. The van der Waals surface area contributed by atoms with Crippen LogP contribution >= 0.6 is 0 Å². The van der Waals surface area contributed by atoms with Crippen molar-refractivity contribution >= 4 is 11.9 Å². The van der Waals surface area contributed by atoms with Crippen LogP contribution < -0.4 is 0 Å². The van der Waals surface area contributed by atoms with E-state index in [1.165, 1.54) is 23.8 Å². The number of hydrogen-bond donors (Lipinski definition) is 2. The van der Waals surface area contributed by atoms with E-state index in [9.17, 15) is 19.8 Å². The van der Waals surface area contributed by atoms with Gasteiger partial charge in [0.25, 0.3) is 0 Å². The fourth-order valence-electron chi connectivity index (χ4n) is 8.08. The molecule has 10 heteroatoms. The van der Waals surface area contributed by atoms with Crippen molar-refractivity contribution in [2.75, 3.05) is 19.8 Å². The molecule has 0 amide bonds. The van der Waals surface area contributed by atoms with Gasteiger partial charge in [0, 0.05) is 30.4 Å². The number of hydrogen-bond acceptors (Lipinski definition) is 10. The van der Waals surface area contributed by atoms with Crippen LogP contribution in [0.15, 0.2) is 47.6 Å². The Bertz CT molecular complexity index is 1210. The molecule has 4 bridgehead atoms. The maximum absolute atomic E-state index is 13.2. The van der Waals surface area contributed by atoms with Gasteiger partial charge in [-0.3, -0.25) is 0 Å². The van der Waals surface area contributed by atoms with E-state index in [0.717, 1.165) is 6.42 Å². The molecular formula is C29H34O10. The van der Waals surface area contributed by atoms with E-state index in [2.05, 4.69) is 19.9 Å². The number of carbonyl (C=O) groups is 2. The van der Waals surface area contributed by atoms with Gasteiger partial charge in [0.15, 0.2) is 6.29 Å². The Morgan fingerprint density at radius 2 is 1.82 bits per heavy atom. The Kier molecular flexibility index (Phi) is 5.64. The van der Waals surface area contributed by atoms with Crippen LogP contribution in [0.3, 0.4) is 0 Å². The molecule has 0 aromatic heterocycles. The molecule has 2 N–H and O–H groups in total. The Morgan fingerprint density at radius 1 is 1.00 bits per heavy atom. The van der Waals surface area contributed by atoms with E-state index in [-0.39, 0.29) is 31.8 Å². The molecule has 210 valence electrons. The van der Waals surface area contributed by atoms with Gasteiger partial charge in [-0.05, 0) is 31.4 Å². The molecule has 6 heterocycles. The summed E-state index contributed by atoms with van der Waals surface area (Å²) in [6, 6.07) is 0. The monoisotopic (exact) mass is 542 g/mol. The molecule has 0 radical (unpaired) electrons. The van der Waals surface area contributed by atoms with Gasteiger partial charge in [0.2, 0.25) is 0 Å². The molecule has 2 aliphatic carbocycles. The highest BCUT2D eigenvalue weighted by atomic mass is 16.7. The van der Waals surface area contributed by atoms with Crippen molar-refractivity contribution in [2.45, 2.75) is 87.5 Å². The molecule has 4 unspecified atom stereocenters. The Labute approximate surface area is 226 Å². The van der Waals surface area contributed by atoms with Crippen molar-refractivity contribution in [1.82, 2.24) is 0 Å². The Hall–Kier alpha value is -2.34. The average molecular weight is 543 g/mol. The van der Waals surface area contributed by atoms with Crippen molar-refractivity contribution < 1.29 is 48.2 Å². The molecule has 3 spiro atoms. The molecule has 39 heavy (non-hydrogen) atoms. The first-order valence-electron chi connectivity index (χ1n) is 13.7. The molecule has 5 fully saturated rings. The lowest BCUT2D eigenvalue weighted by Crippen LogP contribution is -2.66. The van der Waals surface area contributed by atoms with Crippen LogP contribution in [0.1, 0.15) is 39.5 Å². The number of epoxide rings is 1. The maximum atomic E-state index is 13.2. The topological polar surface area (TPSA) is 133 Å².